The molecule has 0 saturated carbocycles. The summed E-state index contributed by atoms with van der Waals surface area (Å²) in [7, 11) is 3.94. The van der Waals surface area contributed by atoms with Crippen LogP contribution in [0.1, 0.15) is 12.8 Å². The number of piperazine rings is 1. The Balaban J connectivity index is 1.35. The van der Waals surface area contributed by atoms with E-state index in [1.54, 1.807) is 6.33 Å². The van der Waals surface area contributed by atoms with E-state index < -0.39 is 0 Å². The van der Waals surface area contributed by atoms with E-state index in [0.29, 0.717) is 0 Å². The van der Waals surface area contributed by atoms with E-state index >= 15 is 0 Å². The fraction of sp³-hybridized carbons (Fsp3) is 0.455. The summed E-state index contributed by atoms with van der Waals surface area (Å²) in [6.07, 6.45) is 6.02. The molecule has 0 N–H and O–H groups in total. The van der Waals surface area contributed by atoms with Gasteiger partial charge in [0.1, 0.15) is 18.0 Å². The second kappa shape index (κ2) is 7.93. The van der Waals surface area contributed by atoms with E-state index in [1.807, 2.05) is 31.3 Å². The van der Waals surface area contributed by atoms with Crippen molar-refractivity contribution < 1.29 is 0 Å². The molecule has 2 fully saturated rings. The Morgan fingerprint density at radius 3 is 2.33 bits per heavy atom. The summed E-state index contributed by atoms with van der Waals surface area (Å²) in [5.74, 6) is 2.82. The zero-order chi connectivity index (χ0) is 20.5. The topological polar surface area (TPSA) is 64.5 Å². The van der Waals surface area contributed by atoms with E-state index in [9.17, 15) is 0 Å². The summed E-state index contributed by atoms with van der Waals surface area (Å²) < 4.78 is 0. The average Bonchev–Trinajstić information content (AvgIpc) is 3.33. The molecule has 3 aromatic rings. The Labute approximate surface area is 177 Å². The maximum atomic E-state index is 4.69. The van der Waals surface area contributed by atoms with Gasteiger partial charge in [0.25, 0.3) is 0 Å². The fourth-order valence-corrected chi connectivity index (χ4v) is 4.33. The van der Waals surface area contributed by atoms with E-state index in [0.717, 1.165) is 67.8 Å². The number of hydrogen-bond acceptors (Lipinski definition) is 8. The number of rotatable bonds is 4. The van der Waals surface area contributed by atoms with Gasteiger partial charge in [-0.05, 0) is 37.1 Å². The molecule has 2 aromatic heterocycles. The van der Waals surface area contributed by atoms with Gasteiger partial charge in [-0.25, -0.2) is 15.0 Å². The lowest BCUT2D eigenvalue weighted by Gasteiger charge is -2.37. The van der Waals surface area contributed by atoms with E-state index in [1.165, 1.54) is 18.5 Å². The molecule has 8 heteroatoms. The highest BCUT2D eigenvalue weighted by atomic mass is 15.3. The van der Waals surface area contributed by atoms with Crippen LogP contribution in [-0.4, -0.2) is 73.3 Å². The number of fused-ring (bicyclic) bond motifs is 1. The highest BCUT2D eigenvalue weighted by Crippen LogP contribution is 2.30. The number of hydrogen-bond donors (Lipinski definition) is 0. The molecule has 0 aliphatic carbocycles. The normalized spacial score (nSPS) is 17.1. The van der Waals surface area contributed by atoms with Crippen molar-refractivity contribution in [3.05, 3.63) is 36.8 Å². The number of aromatic nitrogens is 4. The number of benzene rings is 1. The molecular formula is C22H28N8. The van der Waals surface area contributed by atoms with Crippen molar-refractivity contribution >= 4 is 34.2 Å². The minimum Gasteiger partial charge on any atom is -0.368 e. The van der Waals surface area contributed by atoms with Crippen LogP contribution in [0.4, 0.5) is 23.3 Å². The zero-order valence-corrected chi connectivity index (χ0v) is 17.7. The Morgan fingerprint density at radius 2 is 1.57 bits per heavy atom. The Bertz CT molecular complexity index is 1020. The van der Waals surface area contributed by atoms with Crippen molar-refractivity contribution in [3.8, 4) is 0 Å². The first-order valence-corrected chi connectivity index (χ1v) is 10.7. The van der Waals surface area contributed by atoms with Crippen LogP contribution in [-0.2, 0) is 0 Å². The SMILES string of the molecule is CN(C)c1nccc(N2CCN(c3ccc4ncnc(N5CCCC5)c4c3)CC2)n1. The Hall–Kier alpha value is -3.16. The van der Waals surface area contributed by atoms with Gasteiger partial charge in [-0.2, -0.15) is 4.98 Å². The van der Waals surface area contributed by atoms with Crippen LogP contribution in [0.3, 0.4) is 0 Å². The first-order chi connectivity index (χ1) is 14.7. The van der Waals surface area contributed by atoms with Gasteiger partial charge in [-0.3, -0.25) is 0 Å². The van der Waals surface area contributed by atoms with Crippen LogP contribution in [0.25, 0.3) is 10.9 Å². The lowest BCUT2D eigenvalue weighted by Crippen LogP contribution is -2.46. The molecule has 156 valence electrons. The predicted octanol–water partition coefficient (Wildman–Crippen LogP) is 2.41. The Morgan fingerprint density at radius 1 is 0.800 bits per heavy atom. The summed E-state index contributed by atoms with van der Waals surface area (Å²) in [4.78, 5) is 27.2. The van der Waals surface area contributed by atoms with Crippen molar-refractivity contribution in [2.45, 2.75) is 12.8 Å². The van der Waals surface area contributed by atoms with E-state index in [2.05, 4.69) is 47.9 Å². The minimum absolute atomic E-state index is 0.749. The maximum absolute atomic E-state index is 4.69. The van der Waals surface area contributed by atoms with Crippen LogP contribution in [0, 0.1) is 0 Å². The highest BCUT2D eigenvalue weighted by Gasteiger charge is 2.21. The monoisotopic (exact) mass is 404 g/mol. The summed E-state index contributed by atoms with van der Waals surface area (Å²) in [6.45, 7) is 5.96. The van der Waals surface area contributed by atoms with E-state index in [4.69, 9.17) is 4.98 Å². The summed E-state index contributed by atoms with van der Waals surface area (Å²) in [6, 6.07) is 8.59. The molecular weight excluding hydrogens is 376 g/mol. The van der Waals surface area contributed by atoms with Crippen LogP contribution in [0.15, 0.2) is 36.8 Å². The smallest absolute Gasteiger partial charge is 0.226 e. The van der Waals surface area contributed by atoms with Gasteiger partial charge in [0.15, 0.2) is 0 Å². The molecule has 0 radical (unpaired) electrons. The molecule has 1 aromatic carbocycles. The molecule has 30 heavy (non-hydrogen) atoms. The van der Waals surface area contributed by atoms with Crippen molar-refractivity contribution in [2.24, 2.45) is 0 Å². The third-order valence-corrected chi connectivity index (χ3v) is 6.00. The highest BCUT2D eigenvalue weighted by molar-refractivity contribution is 5.92. The molecule has 2 aliphatic heterocycles. The van der Waals surface area contributed by atoms with Gasteiger partial charge >= 0.3 is 0 Å². The molecule has 0 amide bonds. The second-order valence-electron chi connectivity index (χ2n) is 8.18. The van der Waals surface area contributed by atoms with Crippen molar-refractivity contribution in [2.75, 3.05) is 73.0 Å². The lowest BCUT2D eigenvalue weighted by atomic mass is 10.1. The minimum atomic E-state index is 0.749. The second-order valence-corrected chi connectivity index (χ2v) is 8.18. The molecule has 0 atom stereocenters. The van der Waals surface area contributed by atoms with Crippen molar-refractivity contribution in [1.82, 2.24) is 19.9 Å². The van der Waals surface area contributed by atoms with Gasteiger partial charge in [0.2, 0.25) is 5.95 Å². The van der Waals surface area contributed by atoms with Crippen LogP contribution in [0.2, 0.25) is 0 Å². The van der Waals surface area contributed by atoms with Gasteiger partial charge in [-0.1, -0.05) is 0 Å². The van der Waals surface area contributed by atoms with Gasteiger partial charge in [0.05, 0.1) is 5.52 Å². The van der Waals surface area contributed by atoms with E-state index in [-0.39, 0.29) is 0 Å². The van der Waals surface area contributed by atoms with Crippen LogP contribution < -0.4 is 19.6 Å². The molecule has 2 aliphatic rings. The van der Waals surface area contributed by atoms with Crippen LogP contribution >= 0.6 is 0 Å². The maximum Gasteiger partial charge on any atom is 0.226 e. The van der Waals surface area contributed by atoms with Crippen molar-refractivity contribution in [3.63, 3.8) is 0 Å². The van der Waals surface area contributed by atoms with Crippen LogP contribution in [0.5, 0.6) is 0 Å². The molecule has 4 heterocycles. The number of nitrogens with zero attached hydrogens (tertiary/aromatic N) is 8. The summed E-state index contributed by atoms with van der Waals surface area (Å²) in [5.41, 5.74) is 2.26. The van der Waals surface area contributed by atoms with Gasteiger partial charge in [-0.15, -0.1) is 0 Å². The van der Waals surface area contributed by atoms with Gasteiger partial charge < -0.3 is 19.6 Å². The summed E-state index contributed by atoms with van der Waals surface area (Å²) in [5, 5.41) is 1.16. The average molecular weight is 405 g/mol. The molecule has 0 unspecified atom stereocenters. The largest absolute Gasteiger partial charge is 0.368 e. The molecule has 0 spiro atoms. The molecule has 8 nitrogen and oxygen atoms in total. The van der Waals surface area contributed by atoms with Crippen molar-refractivity contribution in [1.29, 1.82) is 0 Å². The molecule has 5 rings (SSSR count). The molecule has 0 bridgehead atoms. The Kier molecular flexibility index (Phi) is 4.98. The third-order valence-electron chi connectivity index (χ3n) is 6.00. The third kappa shape index (κ3) is 3.58. The lowest BCUT2D eigenvalue weighted by molar-refractivity contribution is 0.647. The summed E-state index contributed by atoms with van der Waals surface area (Å²) >= 11 is 0. The quantitative estimate of drug-likeness (QED) is 0.657. The molecule has 2 saturated heterocycles. The fourth-order valence-electron chi connectivity index (χ4n) is 4.33. The standard InChI is InChI=1S/C22H28N8/c1-27(2)22-23-8-7-20(26-22)29-13-11-28(12-14-29)17-5-6-19-18(15-17)21(25-16-24-19)30-9-3-4-10-30/h5-8,15-16H,3-4,9-14H2,1-2H3. The first kappa shape index (κ1) is 18.8. The number of anilines is 4. The zero-order valence-electron chi connectivity index (χ0n) is 17.7. The predicted molar refractivity (Wildman–Crippen MR) is 122 cm³/mol. The van der Waals surface area contributed by atoms with Gasteiger partial charge in [0, 0.05) is 70.6 Å². The first-order valence-electron chi connectivity index (χ1n) is 10.7.